The number of nitrogens with zero attached hydrogens (tertiary/aromatic N) is 2. The third-order valence-corrected chi connectivity index (χ3v) is 6.21. The lowest BCUT2D eigenvalue weighted by Gasteiger charge is -2.20. The molecule has 2 aromatic carbocycles. The molecule has 7 nitrogen and oxygen atoms in total. The van der Waals surface area contributed by atoms with E-state index in [1.807, 2.05) is 61.6 Å². The zero-order valence-corrected chi connectivity index (χ0v) is 21.0. The standard InChI is InChI=1S/C28H32N2O5/c1-28(2,3)35-27(33)19-7-8-20(25(14-19)34-5)15-30-16-21(17-31)23-11-6-18(12-24(23)30)13-26(32)29(4)22-9-10-22/h6-8,11-12,14,16-17,22H,9-10,13,15H2,1-5H3. The third kappa shape index (κ3) is 5.56. The third-order valence-electron chi connectivity index (χ3n) is 6.21. The molecule has 0 unspecified atom stereocenters. The van der Waals surface area contributed by atoms with E-state index in [1.54, 1.807) is 25.4 Å². The van der Waals surface area contributed by atoms with Crippen molar-refractivity contribution >= 4 is 29.1 Å². The Morgan fingerprint density at radius 2 is 1.89 bits per heavy atom. The van der Waals surface area contributed by atoms with E-state index in [1.165, 1.54) is 0 Å². The van der Waals surface area contributed by atoms with Gasteiger partial charge in [0, 0.05) is 41.3 Å². The van der Waals surface area contributed by atoms with Gasteiger partial charge in [0.25, 0.3) is 0 Å². The maximum atomic E-state index is 12.6. The van der Waals surface area contributed by atoms with Crippen LogP contribution in [0.25, 0.3) is 10.9 Å². The maximum Gasteiger partial charge on any atom is 0.338 e. The predicted octanol–water partition coefficient (Wildman–Crippen LogP) is 4.63. The summed E-state index contributed by atoms with van der Waals surface area (Å²) in [5.41, 5.74) is 3.02. The number of benzene rings is 2. The molecule has 1 amide bonds. The van der Waals surface area contributed by atoms with Crippen molar-refractivity contribution in [2.75, 3.05) is 14.2 Å². The van der Waals surface area contributed by atoms with Gasteiger partial charge in [-0.1, -0.05) is 18.2 Å². The van der Waals surface area contributed by atoms with E-state index in [9.17, 15) is 14.4 Å². The Morgan fingerprint density at radius 3 is 2.51 bits per heavy atom. The summed E-state index contributed by atoms with van der Waals surface area (Å²) in [5, 5.41) is 0.830. The first kappa shape index (κ1) is 24.5. The van der Waals surface area contributed by atoms with Gasteiger partial charge in [-0.3, -0.25) is 9.59 Å². The van der Waals surface area contributed by atoms with Gasteiger partial charge in [-0.2, -0.15) is 0 Å². The highest BCUT2D eigenvalue weighted by atomic mass is 16.6. The number of hydrogen-bond donors (Lipinski definition) is 0. The van der Waals surface area contributed by atoms with Crippen LogP contribution in [0.15, 0.2) is 42.6 Å². The number of ether oxygens (including phenoxy) is 2. The van der Waals surface area contributed by atoms with Crippen LogP contribution >= 0.6 is 0 Å². The average molecular weight is 477 g/mol. The van der Waals surface area contributed by atoms with E-state index < -0.39 is 11.6 Å². The summed E-state index contributed by atoms with van der Waals surface area (Å²) in [6.45, 7) is 5.90. The Kier molecular flexibility index (Phi) is 6.70. The molecule has 0 spiro atoms. The predicted molar refractivity (Wildman–Crippen MR) is 134 cm³/mol. The van der Waals surface area contributed by atoms with Gasteiger partial charge in [0.2, 0.25) is 5.91 Å². The fourth-order valence-corrected chi connectivity index (χ4v) is 4.19. The van der Waals surface area contributed by atoms with Crippen LogP contribution in [0, 0.1) is 0 Å². The lowest BCUT2D eigenvalue weighted by molar-refractivity contribution is -0.129. The number of esters is 1. The first-order valence-electron chi connectivity index (χ1n) is 11.8. The molecule has 0 atom stereocenters. The number of hydrogen-bond acceptors (Lipinski definition) is 5. The van der Waals surface area contributed by atoms with Crippen LogP contribution in [0.1, 0.15) is 65.5 Å². The van der Waals surface area contributed by atoms with E-state index in [2.05, 4.69) is 0 Å². The van der Waals surface area contributed by atoms with E-state index in [0.29, 0.717) is 35.9 Å². The molecule has 0 saturated heterocycles. The number of carbonyl (C=O) groups excluding carboxylic acids is 3. The van der Waals surface area contributed by atoms with Gasteiger partial charge in [-0.25, -0.2) is 4.79 Å². The highest BCUT2D eigenvalue weighted by molar-refractivity contribution is 5.98. The minimum atomic E-state index is -0.592. The summed E-state index contributed by atoms with van der Waals surface area (Å²) in [6, 6.07) is 11.4. The molecule has 0 bridgehead atoms. The van der Waals surface area contributed by atoms with Crippen LogP contribution in [0.2, 0.25) is 0 Å². The molecule has 1 aliphatic carbocycles. The second-order valence-corrected chi connectivity index (χ2v) is 10.1. The van der Waals surface area contributed by atoms with Crippen LogP contribution in [-0.4, -0.2) is 53.4 Å². The fourth-order valence-electron chi connectivity index (χ4n) is 4.19. The number of aromatic nitrogens is 1. The number of aldehydes is 1. The van der Waals surface area contributed by atoms with Crippen LogP contribution < -0.4 is 4.74 Å². The molecule has 1 saturated carbocycles. The molecule has 1 heterocycles. The minimum Gasteiger partial charge on any atom is -0.496 e. The number of rotatable bonds is 8. The monoisotopic (exact) mass is 476 g/mol. The van der Waals surface area contributed by atoms with E-state index >= 15 is 0 Å². The molecule has 0 aliphatic heterocycles. The number of likely N-dealkylation sites (N-methyl/N-ethyl adjacent to an activating group) is 1. The maximum absolute atomic E-state index is 12.6. The second-order valence-electron chi connectivity index (χ2n) is 10.1. The van der Waals surface area contributed by atoms with Crippen LogP contribution in [0.3, 0.4) is 0 Å². The summed E-state index contributed by atoms with van der Waals surface area (Å²) in [7, 11) is 3.42. The molecule has 184 valence electrons. The molecule has 4 rings (SSSR count). The molecule has 1 aliphatic rings. The van der Waals surface area contributed by atoms with Gasteiger partial charge < -0.3 is 18.9 Å². The fraction of sp³-hybridized carbons (Fsp3) is 0.393. The lowest BCUT2D eigenvalue weighted by Crippen LogP contribution is -2.30. The molecular formula is C28H32N2O5. The van der Waals surface area contributed by atoms with Gasteiger partial charge in [-0.15, -0.1) is 0 Å². The number of fused-ring (bicyclic) bond motifs is 1. The van der Waals surface area contributed by atoms with E-state index in [0.717, 1.165) is 41.2 Å². The summed E-state index contributed by atoms with van der Waals surface area (Å²) < 4.78 is 13.0. The minimum absolute atomic E-state index is 0.0972. The average Bonchev–Trinajstić information content (AvgIpc) is 3.60. The molecule has 0 N–H and O–H groups in total. The highest BCUT2D eigenvalue weighted by Gasteiger charge is 2.29. The van der Waals surface area contributed by atoms with Gasteiger partial charge in [0.05, 0.1) is 25.6 Å². The Bertz CT molecular complexity index is 1280. The van der Waals surface area contributed by atoms with Crippen LogP contribution in [0.4, 0.5) is 0 Å². The number of carbonyl (C=O) groups is 3. The zero-order chi connectivity index (χ0) is 25.3. The van der Waals surface area contributed by atoms with Gasteiger partial charge >= 0.3 is 5.97 Å². The van der Waals surface area contributed by atoms with Gasteiger partial charge in [0.1, 0.15) is 11.4 Å². The molecule has 0 radical (unpaired) electrons. The summed E-state index contributed by atoms with van der Waals surface area (Å²) in [5.74, 6) is 0.239. The van der Waals surface area contributed by atoms with Gasteiger partial charge in [-0.05, 0) is 57.4 Å². The molecule has 1 aromatic heterocycles. The molecular weight excluding hydrogens is 444 g/mol. The molecule has 35 heavy (non-hydrogen) atoms. The number of methoxy groups -OCH3 is 1. The van der Waals surface area contributed by atoms with Gasteiger partial charge in [0.15, 0.2) is 6.29 Å². The molecule has 3 aromatic rings. The van der Waals surface area contributed by atoms with Crippen molar-refractivity contribution in [1.29, 1.82) is 0 Å². The van der Waals surface area contributed by atoms with Crippen LogP contribution in [-0.2, 0) is 22.5 Å². The Hall–Kier alpha value is -3.61. The molecule has 1 fully saturated rings. The number of amides is 1. The van der Waals surface area contributed by atoms with Crippen molar-refractivity contribution in [3.8, 4) is 5.75 Å². The summed E-state index contributed by atoms with van der Waals surface area (Å²) in [6.07, 6.45) is 5.11. The van der Waals surface area contributed by atoms with Crippen molar-refractivity contribution in [3.63, 3.8) is 0 Å². The Labute approximate surface area is 205 Å². The first-order chi connectivity index (χ1) is 16.6. The van der Waals surface area contributed by atoms with Crippen molar-refractivity contribution in [1.82, 2.24) is 9.47 Å². The largest absolute Gasteiger partial charge is 0.496 e. The van der Waals surface area contributed by atoms with E-state index in [-0.39, 0.29) is 5.91 Å². The normalized spacial score (nSPS) is 13.5. The first-order valence-corrected chi connectivity index (χ1v) is 11.8. The van der Waals surface area contributed by atoms with Crippen molar-refractivity contribution < 1.29 is 23.9 Å². The van der Waals surface area contributed by atoms with E-state index in [4.69, 9.17) is 9.47 Å². The van der Waals surface area contributed by atoms with Crippen molar-refractivity contribution in [2.24, 2.45) is 0 Å². The zero-order valence-electron chi connectivity index (χ0n) is 21.0. The Balaban J connectivity index is 1.63. The van der Waals surface area contributed by atoms with Crippen LogP contribution in [0.5, 0.6) is 5.75 Å². The SMILES string of the molecule is COc1cc(C(=O)OC(C)(C)C)ccc1Cn1cc(C=O)c2ccc(CC(=O)N(C)C3CC3)cc21. The second kappa shape index (κ2) is 9.56. The topological polar surface area (TPSA) is 77.8 Å². The molecule has 7 heteroatoms. The Morgan fingerprint density at radius 1 is 1.14 bits per heavy atom. The summed E-state index contributed by atoms with van der Waals surface area (Å²) >= 11 is 0. The smallest absolute Gasteiger partial charge is 0.338 e. The highest BCUT2D eigenvalue weighted by Crippen LogP contribution is 2.29. The lowest BCUT2D eigenvalue weighted by atomic mass is 10.1. The van der Waals surface area contributed by atoms with Crippen molar-refractivity contribution in [2.45, 2.75) is 58.2 Å². The quantitative estimate of drug-likeness (QED) is 0.350. The van der Waals surface area contributed by atoms with Crippen molar-refractivity contribution in [3.05, 3.63) is 64.8 Å². The summed E-state index contributed by atoms with van der Waals surface area (Å²) in [4.78, 5) is 38.7.